The summed E-state index contributed by atoms with van der Waals surface area (Å²) in [6, 6.07) is 0. The molecule has 0 spiro atoms. The number of aliphatic hydroxyl groups excluding tert-OH is 1. The number of phosphoric ester groups is 2. The number of carbonyl (C=O) groups excluding carboxylic acids is 4. The fraction of sp³-hybridized carbons (Fsp3) is 0.943. The van der Waals surface area contributed by atoms with E-state index in [-0.39, 0.29) is 25.7 Å². The van der Waals surface area contributed by atoms with Gasteiger partial charge < -0.3 is 33.8 Å². The summed E-state index contributed by atoms with van der Waals surface area (Å²) in [4.78, 5) is 72.5. The van der Waals surface area contributed by atoms with E-state index < -0.39 is 97.5 Å². The number of hydrogen-bond acceptors (Lipinski definition) is 15. The molecule has 0 radical (unpaired) electrons. The molecule has 3 N–H and O–H groups in total. The molecule has 3 unspecified atom stereocenters. The normalized spacial score (nSPS) is 14.6. The van der Waals surface area contributed by atoms with Gasteiger partial charge in [-0.3, -0.25) is 37.3 Å². The second-order valence-electron chi connectivity index (χ2n) is 26.9. The Morgan fingerprint density at radius 3 is 0.798 bits per heavy atom. The molecule has 0 saturated carbocycles. The van der Waals surface area contributed by atoms with E-state index in [9.17, 15) is 43.2 Å². The molecule has 19 heteroatoms. The van der Waals surface area contributed by atoms with Gasteiger partial charge in [0.15, 0.2) is 12.2 Å². The van der Waals surface area contributed by atoms with Crippen LogP contribution in [0.5, 0.6) is 0 Å². The topological polar surface area (TPSA) is 237 Å². The van der Waals surface area contributed by atoms with Gasteiger partial charge in [0, 0.05) is 25.7 Å². The van der Waals surface area contributed by atoms with Crippen molar-refractivity contribution in [1.82, 2.24) is 0 Å². The highest BCUT2D eigenvalue weighted by molar-refractivity contribution is 7.47. The van der Waals surface area contributed by atoms with Crippen molar-refractivity contribution in [1.29, 1.82) is 0 Å². The van der Waals surface area contributed by atoms with Gasteiger partial charge in [-0.2, -0.15) is 0 Å². The van der Waals surface area contributed by atoms with Crippen molar-refractivity contribution < 1.29 is 80.2 Å². The third kappa shape index (κ3) is 63.2. The molecule has 0 aliphatic heterocycles. The lowest BCUT2D eigenvalue weighted by Gasteiger charge is -2.21. The van der Waals surface area contributed by atoms with Crippen molar-refractivity contribution in [3.8, 4) is 0 Å². The maximum absolute atomic E-state index is 13.0. The molecule has 528 valence electrons. The molecule has 17 nitrogen and oxygen atoms in total. The van der Waals surface area contributed by atoms with Crippen molar-refractivity contribution in [2.75, 3.05) is 39.6 Å². The first kappa shape index (κ1) is 87.1. The summed E-state index contributed by atoms with van der Waals surface area (Å²) < 4.78 is 68.2. The first-order chi connectivity index (χ1) is 42.6. The van der Waals surface area contributed by atoms with Gasteiger partial charge in [0.2, 0.25) is 0 Å². The summed E-state index contributed by atoms with van der Waals surface area (Å²) in [5.41, 5.74) is 0. The minimum atomic E-state index is -4.95. The lowest BCUT2D eigenvalue weighted by atomic mass is 10.00. The maximum Gasteiger partial charge on any atom is 0.472 e. The third-order valence-electron chi connectivity index (χ3n) is 16.4. The third-order valence-corrected chi connectivity index (χ3v) is 18.3. The first-order valence-corrected chi connectivity index (χ1v) is 39.2. The van der Waals surface area contributed by atoms with Crippen LogP contribution in [0, 0.1) is 23.7 Å². The largest absolute Gasteiger partial charge is 0.472 e. The van der Waals surface area contributed by atoms with Crippen LogP contribution in [0.15, 0.2) is 0 Å². The van der Waals surface area contributed by atoms with E-state index in [1.165, 1.54) is 141 Å². The van der Waals surface area contributed by atoms with E-state index in [0.29, 0.717) is 31.6 Å². The van der Waals surface area contributed by atoms with E-state index in [2.05, 4.69) is 55.4 Å². The number of ether oxygens (including phenoxy) is 4. The lowest BCUT2D eigenvalue weighted by molar-refractivity contribution is -0.161. The molecule has 0 aliphatic rings. The van der Waals surface area contributed by atoms with Crippen molar-refractivity contribution in [2.24, 2.45) is 23.7 Å². The smallest absolute Gasteiger partial charge is 0.462 e. The van der Waals surface area contributed by atoms with Crippen LogP contribution >= 0.6 is 15.6 Å². The Balaban J connectivity index is 5.24. The maximum atomic E-state index is 13.0. The SMILES string of the molecule is CCC(C)CCCCCCCCC(=O)OC[C@H](COP(=O)(O)OC[C@H](O)COP(=O)(O)OC[C@@H](COC(=O)CCCCCCCCCCCCCCCC(C)C)OC(=O)CCCCCCCCCCCCC(C)C)OC(=O)CCCCCCCCCC(C)C. The van der Waals surface area contributed by atoms with Crippen molar-refractivity contribution in [3.05, 3.63) is 0 Å². The van der Waals surface area contributed by atoms with Crippen molar-refractivity contribution in [3.63, 3.8) is 0 Å². The average Bonchev–Trinajstić information content (AvgIpc) is 3.52. The number of aliphatic hydroxyl groups is 1. The molecule has 0 aromatic heterocycles. The van der Waals surface area contributed by atoms with Gasteiger partial charge in [-0.25, -0.2) is 9.13 Å². The summed E-state index contributed by atoms with van der Waals surface area (Å²) in [7, 11) is -9.90. The standard InChI is InChI=1S/C70H136O17P2/c1-9-63(8)49-41-33-28-29-35-43-51-68(73)81-57-66(87-70(75)53-45-37-27-21-24-32-40-48-62(6)7)59-85-89(78,79)83-55-64(71)54-82-88(76,77)84-58-65(86-69(74)52-44-36-26-20-16-15-18-23-31-39-47-61(4)5)56-80-67(72)50-42-34-25-19-14-12-10-11-13-17-22-30-38-46-60(2)3/h60-66,71H,9-59H2,1-8H3,(H,76,77)(H,78,79)/t63?,64-,65-,66-/m1/s1. The zero-order valence-electron chi connectivity index (χ0n) is 58.1. The Morgan fingerprint density at radius 2 is 0.539 bits per heavy atom. The van der Waals surface area contributed by atoms with Gasteiger partial charge in [0.1, 0.15) is 19.3 Å². The Labute approximate surface area is 543 Å². The van der Waals surface area contributed by atoms with Gasteiger partial charge in [-0.15, -0.1) is 0 Å². The van der Waals surface area contributed by atoms with E-state index in [4.69, 9.17) is 37.0 Å². The Hall–Kier alpha value is -1.94. The molecule has 0 rings (SSSR count). The molecule has 0 bridgehead atoms. The number of phosphoric acid groups is 2. The molecule has 0 fully saturated rings. The summed E-state index contributed by atoms with van der Waals surface area (Å²) >= 11 is 0. The monoisotopic (exact) mass is 1310 g/mol. The van der Waals surface area contributed by atoms with E-state index in [0.717, 1.165) is 114 Å². The number of rotatable bonds is 67. The van der Waals surface area contributed by atoms with Crippen LogP contribution < -0.4 is 0 Å². The minimum Gasteiger partial charge on any atom is -0.462 e. The van der Waals surface area contributed by atoms with Gasteiger partial charge in [0.25, 0.3) is 0 Å². The molecular formula is C70H136O17P2. The highest BCUT2D eigenvalue weighted by Crippen LogP contribution is 2.45. The van der Waals surface area contributed by atoms with Gasteiger partial charge in [-0.05, 0) is 49.4 Å². The fourth-order valence-corrected chi connectivity index (χ4v) is 12.0. The molecular weight excluding hydrogens is 1170 g/mol. The number of carbonyl (C=O) groups is 4. The Bertz CT molecular complexity index is 1770. The van der Waals surface area contributed by atoms with Crippen LogP contribution in [-0.2, 0) is 65.4 Å². The fourth-order valence-electron chi connectivity index (χ4n) is 10.5. The molecule has 6 atom stereocenters. The zero-order valence-corrected chi connectivity index (χ0v) is 59.8. The van der Waals surface area contributed by atoms with Crippen LogP contribution in [0.2, 0.25) is 0 Å². The average molecular weight is 1310 g/mol. The van der Waals surface area contributed by atoms with Crippen LogP contribution in [0.25, 0.3) is 0 Å². The highest BCUT2D eigenvalue weighted by atomic mass is 31.2. The highest BCUT2D eigenvalue weighted by Gasteiger charge is 2.30. The second kappa shape index (κ2) is 59.8. The van der Waals surface area contributed by atoms with E-state index in [1.807, 2.05) is 0 Å². The summed E-state index contributed by atoms with van der Waals surface area (Å²) in [5.74, 6) is 0.838. The van der Waals surface area contributed by atoms with Crippen LogP contribution in [0.4, 0.5) is 0 Å². The zero-order chi connectivity index (χ0) is 66.1. The van der Waals surface area contributed by atoms with Crippen LogP contribution in [0.1, 0.15) is 344 Å². The van der Waals surface area contributed by atoms with E-state index >= 15 is 0 Å². The molecule has 0 aromatic carbocycles. The van der Waals surface area contributed by atoms with Crippen LogP contribution in [-0.4, -0.2) is 96.7 Å². The molecule has 0 heterocycles. The van der Waals surface area contributed by atoms with Gasteiger partial charge >= 0.3 is 39.5 Å². The minimum absolute atomic E-state index is 0.102. The van der Waals surface area contributed by atoms with Gasteiger partial charge in [-0.1, -0.05) is 293 Å². The molecule has 0 aliphatic carbocycles. The number of esters is 4. The second-order valence-corrected chi connectivity index (χ2v) is 29.8. The summed E-state index contributed by atoms with van der Waals surface area (Å²) in [5, 5.41) is 10.6. The molecule has 0 amide bonds. The summed E-state index contributed by atoms with van der Waals surface area (Å²) in [6.07, 6.45) is 41.8. The quantitative estimate of drug-likeness (QED) is 0.0222. The predicted octanol–water partition coefficient (Wildman–Crippen LogP) is 19.7. The Kier molecular flexibility index (Phi) is 58.5. The predicted molar refractivity (Wildman–Crippen MR) is 358 cm³/mol. The lowest BCUT2D eigenvalue weighted by Crippen LogP contribution is -2.30. The molecule has 0 saturated heterocycles. The van der Waals surface area contributed by atoms with Gasteiger partial charge in [0.05, 0.1) is 26.4 Å². The number of hydrogen-bond donors (Lipinski definition) is 3. The molecule has 89 heavy (non-hydrogen) atoms. The molecule has 0 aromatic rings. The van der Waals surface area contributed by atoms with Crippen molar-refractivity contribution >= 4 is 39.5 Å². The number of unbranched alkanes of at least 4 members (excludes halogenated alkanes) is 32. The first-order valence-electron chi connectivity index (χ1n) is 36.2. The summed E-state index contributed by atoms with van der Waals surface area (Å²) in [6.45, 7) is 14.1. The van der Waals surface area contributed by atoms with E-state index in [1.54, 1.807) is 0 Å². The Morgan fingerprint density at radius 1 is 0.315 bits per heavy atom. The van der Waals surface area contributed by atoms with Crippen molar-refractivity contribution in [2.45, 2.75) is 363 Å². The van der Waals surface area contributed by atoms with Crippen LogP contribution in [0.3, 0.4) is 0 Å².